The molecule has 0 radical (unpaired) electrons. The van der Waals surface area contributed by atoms with Crippen molar-refractivity contribution < 1.29 is 8.42 Å². The summed E-state index contributed by atoms with van der Waals surface area (Å²) in [5.41, 5.74) is 1.25. The van der Waals surface area contributed by atoms with Crippen molar-refractivity contribution in [3.63, 3.8) is 0 Å². The summed E-state index contributed by atoms with van der Waals surface area (Å²) >= 11 is 0. The van der Waals surface area contributed by atoms with Gasteiger partial charge in [-0.05, 0) is 19.4 Å². The highest BCUT2D eigenvalue weighted by atomic mass is 32.2. The van der Waals surface area contributed by atoms with Gasteiger partial charge in [0.2, 0.25) is 10.0 Å². The van der Waals surface area contributed by atoms with Crippen LogP contribution < -0.4 is 4.72 Å². The molecule has 0 bridgehead atoms. The van der Waals surface area contributed by atoms with Crippen molar-refractivity contribution in [2.45, 2.75) is 13.3 Å². The Labute approximate surface area is 72.2 Å². The van der Waals surface area contributed by atoms with Crippen LogP contribution in [0.3, 0.4) is 0 Å². The fourth-order valence-corrected chi connectivity index (χ4v) is 3.13. The van der Waals surface area contributed by atoms with E-state index in [1.54, 1.807) is 6.08 Å². The minimum absolute atomic E-state index is 0.181. The van der Waals surface area contributed by atoms with Gasteiger partial charge in [0.1, 0.15) is 0 Å². The number of fused-ring (bicyclic) bond motifs is 1. The van der Waals surface area contributed by atoms with Crippen LogP contribution in [0.4, 0.5) is 0 Å². The number of hydrogen-bond acceptors (Lipinski definition) is 2. The van der Waals surface area contributed by atoms with Gasteiger partial charge in [0.25, 0.3) is 0 Å². The smallest absolute Gasteiger partial charge is 0.211 e. The first kappa shape index (κ1) is 8.01. The molecule has 0 aromatic carbocycles. The molecule has 1 unspecified atom stereocenters. The standard InChI is InChI=1S/C8H11NO2S/c1-6-2-3-8-7(4-6)5-9-12(8,10)11/h2-3,7,9H,4-5H2,1H3. The normalized spacial score (nSPS) is 32.2. The van der Waals surface area contributed by atoms with Crippen LogP contribution in [0.25, 0.3) is 0 Å². The van der Waals surface area contributed by atoms with E-state index in [0.717, 1.165) is 6.42 Å². The SMILES string of the molecule is CC1=CC=C2C(CNS2(=O)=O)C1. The van der Waals surface area contributed by atoms with Crippen LogP contribution in [0.2, 0.25) is 0 Å². The molecule has 1 aliphatic heterocycles. The summed E-state index contributed by atoms with van der Waals surface area (Å²) in [6, 6.07) is 0. The molecule has 0 aromatic heterocycles. The maximum absolute atomic E-state index is 11.3. The van der Waals surface area contributed by atoms with Gasteiger partial charge in [0.05, 0.1) is 4.91 Å². The van der Waals surface area contributed by atoms with Gasteiger partial charge < -0.3 is 0 Å². The van der Waals surface area contributed by atoms with E-state index < -0.39 is 10.0 Å². The Hall–Kier alpha value is -0.610. The maximum atomic E-state index is 11.3. The average molecular weight is 185 g/mol. The molecule has 0 aromatic rings. The summed E-state index contributed by atoms with van der Waals surface area (Å²) in [5, 5.41) is 0. The first-order valence-electron chi connectivity index (χ1n) is 3.96. The van der Waals surface area contributed by atoms with E-state index in [1.165, 1.54) is 5.57 Å². The van der Waals surface area contributed by atoms with Crippen molar-refractivity contribution in [3.05, 3.63) is 22.6 Å². The Morgan fingerprint density at radius 3 is 3.00 bits per heavy atom. The zero-order valence-electron chi connectivity index (χ0n) is 6.87. The second-order valence-corrected chi connectivity index (χ2v) is 5.10. The number of sulfonamides is 1. The summed E-state index contributed by atoms with van der Waals surface area (Å²) in [4.78, 5) is 0.563. The van der Waals surface area contributed by atoms with E-state index in [1.807, 2.05) is 13.0 Å². The maximum Gasteiger partial charge on any atom is 0.237 e. The highest BCUT2D eigenvalue weighted by Crippen LogP contribution is 2.31. The third kappa shape index (κ3) is 1.11. The highest BCUT2D eigenvalue weighted by Gasteiger charge is 2.34. The fourth-order valence-electron chi connectivity index (χ4n) is 1.69. The van der Waals surface area contributed by atoms with E-state index in [2.05, 4.69) is 4.72 Å². The molecule has 1 atom stereocenters. The van der Waals surface area contributed by atoms with Gasteiger partial charge in [-0.3, -0.25) is 0 Å². The van der Waals surface area contributed by atoms with Gasteiger partial charge in [-0.1, -0.05) is 11.6 Å². The van der Waals surface area contributed by atoms with Crippen LogP contribution in [-0.4, -0.2) is 15.0 Å². The van der Waals surface area contributed by atoms with Gasteiger partial charge in [0.15, 0.2) is 0 Å². The monoisotopic (exact) mass is 185 g/mol. The Morgan fingerprint density at radius 1 is 1.50 bits per heavy atom. The van der Waals surface area contributed by atoms with Crippen molar-refractivity contribution in [2.24, 2.45) is 5.92 Å². The van der Waals surface area contributed by atoms with Gasteiger partial charge in [0, 0.05) is 12.5 Å². The number of hydrogen-bond donors (Lipinski definition) is 1. The molecule has 12 heavy (non-hydrogen) atoms. The molecule has 66 valence electrons. The van der Waals surface area contributed by atoms with Crippen LogP contribution in [0.1, 0.15) is 13.3 Å². The summed E-state index contributed by atoms with van der Waals surface area (Å²) in [6.45, 7) is 2.59. The Morgan fingerprint density at radius 2 is 2.25 bits per heavy atom. The lowest BCUT2D eigenvalue weighted by molar-refractivity contribution is 0.597. The average Bonchev–Trinajstić information content (AvgIpc) is 2.27. The largest absolute Gasteiger partial charge is 0.237 e. The Bertz CT molecular complexity index is 365. The van der Waals surface area contributed by atoms with Crippen molar-refractivity contribution in [2.75, 3.05) is 6.54 Å². The van der Waals surface area contributed by atoms with Crippen molar-refractivity contribution >= 4 is 10.0 Å². The second-order valence-electron chi connectivity index (χ2n) is 3.34. The quantitative estimate of drug-likeness (QED) is 0.606. The van der Waals surface area contributed by atoms with E-state index in [4.69, 9.17) is 0 Å². The second kappa shape index (κ2) is 2.44. The molecule has 4 heteroatoms. The molecule has 1 aliphatic carbocycles. The van der Waals surface area contributed by atoms with E-state index in [0.29, 0.717) is 11.4 Å². The van der Waals surface area contributed by atoms with Gasteiger partial charge in [-0.2, -0.15) is 0 Å². The summed E-state index contributed by atoms with van der Waals surface area (Å²) in [6.07, 6.45) is 4.48. The first-order valence-corrected chi connectivity index (χ1v) is 5.45. The lowest BCUT2D eigenvalue weighted by Gasteiger charge is -2.13. The van der Waals surface area contributed by atoms with Gasteiger partial charge in [-0.15, -0.1) is 0 Å². The molecule has 0 spiro atoms. The number of rotatable bonds is 0. The Kier molecular flexibility index (Phi) is 1.63. The van der Waals surface area contributed by atoms with E-state index in [-0.39, 0.29) is 5.92 Å². The third-order valence-corrected chi connectivity index (χ3v) is 3.97. The lowest BCUT2D eigenvalue weighted by atomic mass is 9.95. The fraction of sp³-hybridized carbons (Fsp3) is 0.500. The van der Waals surface area contributed by atoms with Crippen molar-refractivity contribution in [1.82, 2.24) is 4.72 Å². The summed E-state index contributed by atoms with van der Waals surface area (Å²) < 4.78 is 25.1. The number of allylic oxidation sites excluding steroid dienone is 3. The molecule has 2 aliphatic rings. The van der Waals surface area contributed by atoms with Crippen LogP contribution in [0.15, 0.2) is 22.6 Å². The topological polar surface area (TPSA) is 46.2 Å². The minimum atomic E-state index is -3.10. The molecule has 1 N–H and O–H groups in total. The minimum Gasteiger partial charge on any atom is -0.211 e. The van der Waals surface area contributed by atoms with Crippen LogP contribution >= 0.6 is 0 Å². The first-order chi connectivity index (χ1) is 5.59. The molecule has 1 heterocycles. The molecule has 1 fully saturated rings. The van der Waals surface area contributed by atoms with Gasteiger partial charge in [-0.25, -0.2) is 13.1 Å². The van der Waals surface area contributed by atoms with Crippen LogP contribution in [0.5, 0.6) is 0 Å². The van der Waals surface area contributed by atoms with E-state index >= 15 is 0 Å². The molecule has 1 saturated heterocycles. The molecule has 2 rings (SSSR count). The van der Waals surface area contributed by atoms with Crippen LogP contribution in [-0.2, 0) is 10.0 Å². The lowest BCUT2D eigenvalue weighted by Crippen LogP contribution is -2.14. The third-order valence-electron chi connectivity index (χ3n) is 2.33. The van der Waals surface area contributed by atoms with Crippen LogP contribution in [0, 0.1) is 5.92 Å². The zero-order chi connectivity index (χ0) is 8.77. The molecular formula is C8H11NO2S. The van der Waals surface area contributed by atoms with Gasteiger partial charge >= 0.3 is 0 Å². The molecular weight excluding hydrogens is 174 g/mol. The summed E-state index contributed by atoms with van der Waals surface area (Å²) in [5.74, 6) is 0.181. The van der Waals surface area contributed by atoms with Crippen molar-refractivity contribution in [3.8, 4) is 0 Å². The number of nitrogens with one attached hydrogen (secondary N) is 1. The summed E-state index contributed by atoms with van der Waals surface area (Å²) in [7, 11) is -3.10. The zero-order valence-corrected chi connectivity index (χ0v) is 7.69. The predicted octanol–water partition coefficient (Wildman–Crippen LogP) is 0.770. The van der Waals surface area contributed by atoms with E-state index in [9.17, 15) is 8.42 Å². The molecule has 0 amide bonds. The van der Waals surface area contributed by atoms with Crippen molar-refractivity contribution in [1.29, 1.82) is 0 Å². The predicted molar refractivity (Wildman–Crippen MR) is 46.9 cm³/mol. The highest BCUT2D eigenvalue weighted by molar-refractivity contribution is 7.93. The molecule has 0 saturated carbocycles. The Balaban J connectivity index is 2.46. The molecule has 3 nitrogen and oxygen atoms in total.